The quantitative estimate of drug-likeness (QED) is 0.0710. The Labute approximate surface area is 420 Å². The van der Waals surface area contributed by atoms with E-state index in [-0.39, 0.29) is 70.9 Å². The number of cyclic esters (lactones) is 1. The van der Waals surface area contributed by atoms with Gasteiger partial charge in [0.25, 0.3) is 0 Å². The molecule has 10 fully saturated rings. The number of epoxide rings is 3. The van der Waals surface area contributed by atoms with Crippen molar-refractivity contribution in [1.82, 2.24) is 10.6 Å². The van der Waals surface area contributed by atoms with Gasteiger partial charge in [-0.05, 0) is 153 Å². The molecule has 4 heterocycles. The number of hydrogen-bond donors (Lipinski definition) is 4. The van der Waals surface area contributed by atoms with Gasteiger partial charge in [-0.25, -0.2) is 14.4 Å². The Morgan fingerprint density at radius 1 is 0.887 bits per heavy atom. The van der Waals surface area contributed by atoms with Crippen molar-refractivity contribution in [1.29, 1.82) is 0 Å². The van der Waals surface area contributed by atoms with Crippen LogP contribution in [0.25, 0.3) is 0 Å². The van der Waals surface area contributed by atoms with Crippen molar-refractivity contribution in [3.8, 4) is 0 Å². The summed E-state index contributed by atoms with van der Waals surface area (Å²) in [6, 6.07) is -0.296. The first-order chi connectivity index (χ1) is 33.6. The van der Waals surface area contributed by atoms with Crippen LogP contribution in [0.15, 0.2) is 58.7 Å². The zero-order chi connectivity index (χ0) is 50.0. The van der Waals surface area contributed by atoms with E-state index in [4.69, 9.17) is 28.4 Å². The van der Waals surface area contributed by atoms with E-state index < -0.39 is 52.8 Å². The summed E-state index contributed by atoms with van der Waals surface area (Å²) >= 11 is 0. The van der Waals surface area contributed by atoms with Gasteiger partial charge >= 0.3 is 18.2 Å². The van der Waals surface area contributed by atoms with E-state index in [0.29, 0.717) is 74.4 Å². The third-order valence-corrected chi connectivity index (χ3v) is 21.3. The topological polar surface area (TPSA) is 181 Å². The third kappa shape index (κ3) is 7.32. The molecule has 2 amide bonds. The van der Waals surface area contributed by atoms with Gasteiger partial charge in [-0.3, -0.25) is 0 Å². The van der Waals surface area contributed by atoms with Crippen LogP contribution in [0, 0.1) is 51.8 Å². The van der Waals surface area contributed by atoms with Crippen LogP contribution >= 0.6 is 0 Å². The van der Waals surface area contributed by atoms with Crippen LogP contribution in [0.2, 0.25) is 0 Å². The lowest BCUT2D eigenvalue weighted by Gasteiger charge is -2.53. The van der Waals surface area contributed by atoms with Gasteiger partial charge < -0.3 is 49.3 Å². The Morgan fingerprint density at radius 2 is 1.68 bits per heavy atom. The van der Waals surface area contributed by atoms with Crippen LogP contribution in [0.3, 0.4) is 0 Å². The van der Waals surface area contributed by atoms with Crippen molar-refractivity contribution < 1.29 is 53.0 Å². The molecular formula is C58H80N2O11. The number of rotatable bonds is 10. The van der Waals surface area contributed by atoms with E-state index in [9.17, 15) is 24.6 Å². The molecule has 4 aliphatic heterocycles. The van der Waals surface area contributed by atoms with Crippen molar-refractivity contribution in [3.63, 3.8) is 0 Å². The molecule has 0 aromatic carbocycles. The molecule has 13 heteroatoms. The van der Waals surface area contributed by atoms with E-state index in [1.807, 2.05) is 6.92 Å². The number of ether oxygens (including phenoxy) is 6. The highest BCUT2D eigenvalue weighted by atomic mass is 16.8. The van der Waals surface area contributed by atoms with Gasteiger partial charge in [-0.1, -0.05) is 84.9 Å². The van der Waals surface area contributed by atoms with Crippen LogP contribution in [-0.2, 0) is 33.2 Å². The number of esters is 1. The van der Waals surface area contributed by atoms with Crippen molar-refractivity contribution in [2.45, 2.75) is 223 Å². The molecule has 388 valence electrons. The zero-order valence-corrected chi connectivity index (χ0v) is 43.5. The highest BCUT2D eigenvalue weighted by Crippen LogP contribution is 2.83. The molecule has 8 aliphatic carbocycles. The first kappa shape index (κ1) is 48.4. The number of hydrogen-bond acceptors (Lipinski definition) is 11. The van der Waals surface area contributed by atoms with Gasteiger partial charge in [-0.2, -0.15) is 0 Å². The molecule has 71 heavy (non-hydrogen) atoms. The second kappa shape index (κ2) is 16.3. The van der Waals surface area contributed by atoms with Crippen LogP contribution < -0.4 is 10.6 Å². The molecule has 0 aromatic heterocycles. The Morgan fingerprint density at radius 3 is 2.44 bits per heavy atom. The number of carbonyl (C=O) groups is 3. The molecule has 0 aromatic rings. The number of allylic oxidation sites excluding steroid dienone is 4. The second-order valence-electron chi connectivity index (χ2n) is 26.7. The monoisotopic (exact) mass is 981 g/mol. The van der Waals surface area contributed by atoms with Crippen molar-refractivity contribution >= 4 is 18.2 Å². The summed E-state index contributed by atoms with van der Waals surface area (Å²) in [5, 5.41) is 28.2. The van der Waals surface area contributed by atoms with Gasteiger partial charge in [0.05, 0.1) is 18.3 Å². The summed E-state index contributed by atoms with van der Waals surface area (Å²) in [7, 11) is 0. The Hall–Kier alpha value is -3.49. The standard InChI is InChI=1S/C58H80N2O11/c1-30(2)56-46(70-56)47-58(71-47)55(9)22-20-38-39(28-66-48(38)63)42(55)25-45-57(58,69-45)49(56)68-51(65)60-53(7)27-36(26-52(5,6)29-53)59-50(64)67-37-23-35(32(4)44(62)24-37)16-13-33-11-10-21-54(8)40(17-18-41(33)54)31(3)12-19-43(61)34-14-15-34/h12-13,16,19,30-31,34,36-37,40-47,49,61-62H,4,10-11,14-15,17-18,20-29H2,1-3,5-9H3,(H,59,64)(H,60,65)/b19-12+,33-13+,35-16-/t31-,36?,37+,40?,41?,42-,43?,44-,45-,46-,47-,49+,53?,54+,55-,56-,57+,58+/m0/s1. The molecule has 0 bridgehead atoms. The summed E-state index contributed by atoms with van der Waals surface area (Å²) in [4.78, 5) is 41.1. The first-order valence-corrected chi connectivity index (χ1v) is 27.6. The molecule has 3 saturated heterocycles. The predicted molar refractivity (Wildman–Crippen MR) is 263 cm³/mol. The van der Waals surface area contributed by atoms with Crippen molar-refractivity contribution in [2.75, 3.05) is 6.61 Å². The summed E-state index contributed by atoms with van der Waals surface area (Å²) < 4.78 is 38.8. The lowest BCUT2D eigenvalue weighted by Crippen LogP contribution is -2.70. The minimum Gasteiger partial charge on any atom is -0.458 e. The van der Waals surface area contributed by atoms with Crippen LogP contribution in [0.1, 0.15) is 152 Å². The maximum Gasteiger partial charge on any atom is 0.408 e. The molecular weight excluding hydrogens is 901 g/mol. The van der Waals surface area contributed by atoms with Gasteiger partial charge in [0.1, 0.15) is 36.1 Å². The van der Waals surface area contributed by atoms with E-state index in [0.717, 1.165) is 55.2 Å². The summed E-state index contributed by atoms with van der Waals surface area (Å²) in [5.74, 6) is 1.81. The van der Waals surface area contributed by atoms with E-state index >= 15 is 0 Å². The summed E-state index contributed by atoms with van der Waals surface area (Å²) in [5.41, 5.74) is 1.52. The highest BCUT2D eigenvalue weighted by molar-refractivity contribution is 5.92. The van der Waals surface area contributed by atoms with E-state index in [1.165, 1.54) is 18.4 Å². The lowest BCUT2D eigenvalue weighted by molar-refractivity contribution is -0.136. The molecule has 13 nitrogen and oxygen atoms in total. The summed E-state index contributed by atoms with van der Waals surface area (Å²) in [6.07, 6.45) is 17.4. The van der Waals surface area contributed by atoms with E-state index in [2.05, 4.69) is 90.0 Å². The Balaban J connectivity index is 0.698. The lowest BCUT2D eigenvalue weighted by atomic mass is 9.46. The van der Waals surface area contributed by atoms with Gasteiger partial charge in [0.15, 0.2) is 11.7 Å². The largest absolute Gasteiger partial charge is 0.458 e. The zero-order valence-electron chi connectivity index (χ0n) is 43.5. The smallest absolute Gasteiger partial charge is 0.408 e. The second-order valence-corrected chi connectivity index (χ2v) is 26.7. The minimum atomic E-state index is -0.862. The SMILES string of the molecule is C=C1/C(=C\C=C2/CCC[C@@]3(C)C2CCC3[C@@H](C)/C=C/C(O)C2CC2)C[C@@H](OC(=O)NC2CC(C)(C)CC(C)(NC(=O)O[C@@H]3[C@@]4(C(C)C)O[C@H]4[C@@H]4O[C@]45[C@]34O[C@H]4C[C@H]3C4=C(CC[C@@]35C)C(=O)OC4)C2)C[C@@H]1O. The average molecular weight is 981 g/mol. The average Bonchev–Trinajstić information content (AvgIpc) is 4.13. The summed E-state index contributed by atoms with van der Waals surface area (Å²) in [6.45, 7) is 22.3. The van der Waals surface area contributed by atoms with E-state index in [1.54, 1.807) is 0 Å². The molecule has 18 atom stereocenters. The maximum atomic E-state index is 14.5. The number of fused-ring (bicyclic) bond motifs is 5. The third-order valence-electron chi connectivity index (χ3n) is 21.3. The predicted octanol–water partition coefficient (Wildman–Crippen LogP) is 9.01. The van der Waals surface area contributed by atoms with Crippen LogP contribution in [0.5, 0.6) is 0 Å². The first-order valence-electron chi connectivity index (χ1n) is 27.6. The van der Waals surface area contributed by atoms with Crippen molar-refractivity contribution in [3.05, 3.63) is 58.7 Å². The molecule has 7 saturated carbocycles. The molecule has 0 radical (unpaired) electrons. The fourth-order valence-electron chi connectivity index (χ4n) is 18.0. The fraction of sp³-hybridized carbons (Fsp3) is 0.776. The van der Waals surface area contributed by atoms with Gasteiger partial charge in [-0.15, -0.1) is 0 Å². The number of amides is 2. The molecule has 12 aliphatic rings. The van der Waals surface area contributed by atoms with Crippen molar-refractivity contribution in [2.24, 2.45) is 51.8 Å². The normalized spacial score (nSPS) is 48.5. The number of aliphatic hydroxyl groups is 2. The maximum absolute atomic E-state index is 14.5. The fourth-order valence-corrected chi connectivity index (χ4v) is 18.0. The minimum absolute atomic E-state index is 0.0261. The molecule has 4 N–H and O–H groups in total. The Bertz CT molecular complexity index is 2420. The number of aliphatic hydroxyl groups excluding tert-OH is 2. The van der Waals surface area contributed by atoms with Gasteiger partial charge in [0, 0.05) is 35.4 Å². The van der Waals surface area contributed by atoms with Crippen LogP contribution in [-0.4, -0.2) is 106 Å². The molecule has 2 spiro atoms. The molecule has 5 unspecified atom stereocenters. The number of carbonyl (C=O) groups excluding carboxylic acids is 3. The number of nitrogens with one attached hydrogen (secondary N) is 2. The molecule has 12 rings (SSSR count). The number of alkyl carbamates (subject to hydrolysis) is 2. The van der Waals surface area contributed by atoms with Gasteiger partial charge in [0.2, 0.25) is 0 Å². The Kier molecular flexibility index (Phi) is 11.1. The highest BCUT2D eigenvalue weighted by Gasteiger charge is 3.01. The van der Waals surface area contributed by atoms with Crippen LogP contribution in [0.4, 0.5) is 9.59 Å².